The maximum absolute atomic E-state index is 13.7. The van der Waals surface area contributed by atoms with Crippen molar-refractivity contribution in [3.8, 4) is 0 Å². The van der Waals surface area contributed by atoms with E-state index in [9.17, 15) is 14.9 Å². The van der Waals surface area contributed by atoms with Gasteiger partial charge in [0.2, 0.25) is 0 Å². The molecular formula is C26H22N4O3. The lowest BCUT2D eigenvalue weighted by atomic mass is 10.0. The highest BCUT2D eigenvalue weighted by molar-refractivity contribution is 5.96. The molecule has 1 amide bonds. The van der Waals surface area contributed by atoms with Gasteiger partial charge in [0, 0.05) is 64.5 Å². The van der Waals surface area contributed by atoms with Gasteiger partial charge in [-0.3, -0.25) is 14.9 Å². The van der Waals surface area contributed by atoms with Gasteiger partial charge in [0.15, 0.2) is 0 Å². The fraction of sp³-hybridized carbons (Fsp3) is 0.115. The van der Waals surface area contributed by atoms with Gasteiger partial charge >= 0.3 is 0 Å². The highest BCUT2D eigenvalue weighted by atomic mass is 16.6. The minimum atomic E-state index is -0.447. The lowest BCUT2D eigenvalue weighted by Gasteiger charge is -2.24. The molecule has 5 aromatic rings. The number of nitrogens with zero attached hydrogens (tertiary/aromatic N) is 2. The van der Waals surface area contributed by atoms with E-state index in [0.29, 0.717) is 24.2 Å². The lowest BCUT2D eigenvalue weighted by Crippen LogP contribution is -2.30. The molecule has 3 aromatic carbocycles. The molecule has 0 fully saturated rings. The first-order chi connectivity index (χ1) is 16.0. The van der Waals surface area contributed by atoms with Gasteiger partial charge in [-0.05, 0) is 48.4 Å². The first kappa shape index (κ1) is 20.5. The molecule has 7 nitrogen and oxygen atoms in total. The molecule has 5 rings (SSSR count). The van der Waals surface area contributed by atoms with E-state index in [1.54, 1.807) is 24.0 Å². The fourth-order valence-corrected chi connectivity index (χ4v) is 4.31. The molecule has 0 radical (unpaired) electrons. The number of H-pyrrole nitrogens is 2. The van der Waals surface area contributed by atoms with Crippen LogP contribution < -0.4 is 0 Å². The Morgan fingerprint density at radius 2 is 1.45 bits per heavy atom. The van der Waals surface area contributed by atoms with Crippen LogP contribution in [0.1, 0.15) is 27.0 Å². The van der Waals surface area contributed by atoms with Gasteiger partial charge in [-0.15, -0.1) is 0 Å². The minimum Gasteiger partial charge on any atom is -0.361 e. The van der Waals surface area contributed by atoms with Crippen LogP contribution in [0.2, 0.25) is 0 Å². The summed E-state index contributed by atoms with van der Waals surface area (Å²) in [5, 5.41) is 13.5. The highest BCUT2D eigenvalue weighted by Crippen LogP contribution is 2.26. The second-order valence-corrected chi connectivity index (χ2v) is 8.13. The largest absolute Gasteiger partial charge is 0.361 e. The predicted octanol–water partition coefficient (Wildman–Crippen LogP) is 5.71. The van der Waals surface area contributed by atoms with Crippen molar-refractivity contribution in [2.45, 2.75) is 20.0 Å². The molecule has 2 heterocycles. The van der Waals surface area contributed by atoms with Crippen LogP contribution in [0.3, 0.4) is 0 Å². The summed E-state index contributed by atoms with van der Waals surface area (Å²) in [5.74, 6) is -0.252. The van der Waals surface area contributed by atoms with Crippen molar-refractivity contribution in [1.29, 1.82) is 0 Å². The van der Waals surface area contributed by atoms with Gasteiger partial charge in [0.1, 0.15) is 0 Å². The number of nitro benzene ring substituents is 1. The summed E-state index contributed by atoms with van der Waals surface area (Å²) < 4.78 is 0. The zero-order valence-corrected chi connectivity index (χ0v) is 18.0. The molecule has 0 aliphatic rings. The van der Waals surface area contributed by atoms with Crippen LogP contribution in [-0.2, 0) is 13.1 Å². The van der Waals surface area contributed by atoms with E-state index in [1.807, 2.05) is 60.9 Å². The summed E-state index contributed by atoms with van der Waals surface area (Å²) in [7, 11) is 0. The number of fused-ring (bicyclic) bond motifs is 2. The third-order valence-corrected chi connectivity index (χ3v) is 6.03. The molecule has 0 unspecified atom stereocenters. The summed E-state index contributed by atoms with van der Waals surface area (Å²) in [6.07, 6.45) is 3.76. The van der Waals surface area contributed by atoms with Crippen molar-refractivity contribution in [3.05, 3.63) is 111 Å². The summed E-state index contributed by atoms with van der Waals surface area (Å²) in [4.78, 5) is 32.8. The molecular weight excluding hydrogens is 416 g/mol. The smallest absolute Gasteiger partial charge is 0.273 e. The number of carbonyl (C=O) groups excluding carboxylic acids is 1. The van der Waals surface area contributed by atoms with Gasteiger partial charge in [-0.25, -0.2) is 0 Å². The SMILES string of the molecule is Cc1ccc(C(=O)N(Cc2cccc3[nH]ccc23)Cc2cccc3[nH]ccc23)cc1[N+](=O)[O-]. The van der Waals surface area contributed by atoms with Crippen molar-refractivity contribution in [1.82, 2.24) is 14.9 Å². The number of hydrogen-bond donors (Lipinski definition) is 2. The summed E-state index contributed by atoms with van der Waals surface area (Å²) in [5.41, 5.74) is 4.78. The predicted molar refractivity (Wildman–Crippen MR) is 128 cm³/mol. The molecule has 0 saturated carbocycles. The maximum atomic E-state index is 13.7. The zero-order valence-electron chi connectivity index (χ0n) is 18.0. The van der Waals surface area contributed by atoms with Crippen LogP contribution in [-0.4, -0.2) is 25.7 Å². The van der Waals surface area contributed by atoms with E-state index < -0.39 is 4.92 Å². The van der Waals surface area contributed by atoms with Crippen LogP contribution in [0.15, 0.2) is 79.1 Å². The number of carbonyl (C=O) groups is 1. The second-order valence-electron chi connectivity index (χ2n) is 8.13. The van der Waals surface area contributed by atoms with E-state index in [1.165, 1.54) is 6.07 Å². The first-order valence-electron chi connectivity index (χ1n) is 10.7. The van der Waals surface area contributed by atoms with Crippen molar-refractivity contribution in [3.63, 3.8) is 0 Å². The monoisotopic (exact) mass is 438 g/mol. The summed E-state index contributed by atoms with van der Waals surface area (Å²) >= 11 is 0. The number of hydrogen-bond acceptors (Lipinski definition) is 3. The molecule has 33 heavy (non-hydrogen) atoms. The second kappa shape index (κ2) is 8.27. The normalized spacial score (nSPS) is 11.2. The molecule has 2 aromatic heterocycles. The number of amides is 1. The van der Waals surface area contributed by atoms with Crippen molar-refractivity contribution in [2.24, 2.45) is 0 Å². The number of aromatic amines is 2. The van der Waals surface area contributed by atoms with Crippen molar-refractivity contribution < 1.29 is 9.72 Å². The molecule has 0 bridgehead atoms. The van der Waals surface area contributed by atoms with E-state index in [-0.39, 0.29) is 11.6 Å². The van der Waals surface area contributed by atoms with Crippen molar-refractivity contribution in [2.75, 3.05) is 0 Å². The number of aromatic nitrogens is 2. The topological polar surface area (TPSA) is 95.0 Å². The van der Waals surface area contributed by atoms with Crippen LogP contribution in [0.4, 0.5) is 5.69 Å². The van der Waals surface area contributed by atoms with Crippen LogP contribution in [0.5, 0.6) is 0 Å². The van der Waals surface area contributed by atoms with Gasteiger partial charge in [-0.2, -0.15) is 0 Å². The van der Waals surface area contributed by atoms with E-state index in [4.69, 9.17) is 0 Å². The Kier molecular flexibility index (Phi) is 5.14. The molecule has 0 spiro atoms. The van der Waals surface area contributed by atoms with E-state index in [2.05, 4.69) is 9.97 Å². The molecule has 7 heteroatoms. The molecule has 164 valence electrons. The average Bonchev–Trinajstić information content (AvgIpc) is 3.48. The average molecular weight is 438 g/mol. The Labute approximate surface area is 189 Å². The third-order valence-electron chi connectivity index (χ3n) is 6.03. The molecule has 0 aliphatic heterocycles. The Bertz CT molecular complexity index is 1420. The summed E-state index contributed by atoms with van der Waals surface area (Å²) in [6, 6.07) is 20.6. The van der Waals surface area contributed by atoms with Crippen LogP contribution in [0, 0.1) is 17.0 Å². The Hall–Kier alpha value is -4.39. The van der Waals surface area contributed by atoms with E-state index >= 15 is 0 Å². The number of benzene rings is 3. The van der Waals surface area contributed by atoms with Gasteiger partial charge in [-0.1, -0.05) is 30.3 Å². The molecule has 0 aliphatic carbocycles. The van der Waals surface area contributed by atoms with Gasteiger partial charge in [0.05, 0.1) is 4.92 Å². The van der Waals surface area contributed by atoms with Crippen molar-refractivity contribution >= 4 is 33.4 Å². The van der Waals surface area contributed by atoms with Gasteiger partial charge in [0.25, 0.3) is 11.6 Å². The Balaban J connectivity index is 1.57. The standard InChI is InChI=1S/C26H22N4O3/c1-17-8-9-18(14-25(17)30(32)33)26(31)29(15-19-4-2-6-23-21(19)10-12-27-23)16-20-5-3-7-24-22(20)11-13-28-24/h2-14,27-28H,15-16H2,1H3. The van der Waals surface area contributed by atoms with Crippen LogP contribution >= 0.6 is 0 Å². The number of aryl methyl sites for hydroxylation is 1. The first-order valence-corrected chi connectivity index (χ1v) is 10.7. The van der Waals surface area contributed by atoms with Crippen LogP contribution in [0.25, 0.3) is 21.8 Å². The fourth-order valence-electron chi connectivity index (χ4n) is 4.31. The van der Waals surface area contributed by atoms with E-state index in [0.717, 1.165) is 32.9 Å². The molecule has 0 atom stereocenters. The highest BCUT2D eigenvalue weighted by Gasteiger charge is 2.22. The number of nitro groups is 1. The van der Waals surface area contributed by atoms with Gasteiger partial charge < -0.3 is 14.9 Å². The lowest BCUT2D eigenvalue weighted by molar-refractivity contribution is -0.385. The Morgan fingerprint density at radius 3 is 2.00 bits per heavy atom. The number of nitrogens with one attached hydrogen (secondary N) is 2. The minimum absolute atomic E-state index is 0.0544. The number of rotatable bonds is 6. The molecule has 0 saturated heterocycles. The zero-order chi connectivity index (χ0) is 22.9. The Morgan fingerprint density at radius 1 is 0.879 bits per heavy atom. The third kappa shape index (κ3) is 3.85. The summed E-state index contributed by atoms with van der Waals surface area (Å²) in [6.45, 7) is 2.41. The molecule has 2 N–H and O–H groups in total. The maximum Gasteiger partial charge on any atom is 0.273 e. The quantitative estimate of drug-likeness (QED) is 0.263.